The van der Waals surface area contributed by atoms with E-state index in [0.29, 0.717) is 0 Å². The SMILES string of the molecule is CC(C)(C)c1ccc(CC(C)(C)c2ccc(Cl)cc2)c(Cl)c1. The van der Waals surface area contributed by atoms with Crippen molar-refractivity contribution in [2.24, 2.45) is 0 Å². The third-order valence-electron chi connectivity index (χ3n) is 4.18. The molecule has 22 heavy (non-hydrogen) atoms. The fourth-order valence-corrected chi connectivity index (χ4v) is 3.01. The molecule has 0 heterocycles. The minimum Gasteiger partial charge on any atom is -0.0843 e. The van der Waals surface area contributed by atoms with E-state index in [1.807, 2.05) is 12.1 Å². The van der Waals surface area contributed by atoms with Crippen molar-refractivity contribution in [3.8, 4) is 0 Å². The van der Waals surface area contributed by atoms with Gasteiger partial charge in [0.2, 0.25) is 0 Å². The van der Waals surface area contributed by atoms with E-state index in [4.69, 9.17) is 23.2 Å². The van der Waals surface area contributed by atoms with Gasteiger partial charge in [-0.05, 0) is 52.1 Å². The number of benzene rings is 2. The maximum atomic E-state index is 6.53. The van der Waals surface area contributed by atoms with Crippen LogP contribution in [0.15, 0.2) is 42.5 Å². The molecule has 0 amide bonds. The van der Waals surface area contributed by atoms with Gasteiger partial charge >= 0.3 is 0 Å². The summed E-state index contributed by atoms with van der Waals surface area (Å²) in [5, 5.41) is 1.63. The lowest BCUT2D eigenvalue weighted by Crippen LogP contribution is -2.21. The van der Waals surface area contributed by atoms with Gasteiger partial charge in [-0.25, -0.2) is 0 Å². The third kappa shape index (κ3) is 4.06. The lowest BCUT2D eigenvalue weighted by Gasteiger charge is -2.27. The highest BCUT2D eigenvalue weighted by atomic mass is 35.5. The lowest BCUT2D eigenvalue weighted by molar-refractivity contribution is 0.522. The van der Waals surface area contributed by atoms with Gasteiger partial charge < -0.3 is 0 Å². The molecule has 118 valence electrons. The number of hydrogen-bond acceptors (Lipinski definition) is 0. The summed E-state index contributed by atoms with van der Waals surface area (Å²) in [7, 11) is 0. The molecule has 2 rings (SSSR count). The lowest BCUT2D eigenvalue weighted by atomic mass is 9.78. The van der Waals surface area contributed by atoms with E-state index in [0.717, 1.165) is 16.5 Å². The second-order valence-electron chi connectivity index (χ2n) is 7.62. The van der Waals surface area contributed by atoms with Crippen LogP contribution in [-0.4, -0.2) is 0 Å². The summed E-state index contributed by atoms with van der Waals surface area (Å²) in [6, 6.07) is 14.6. The van der Waals surface area contributed by atoms with Crippen LogP contribution in [-0.2, 0) is 17.3 Å². The van der Waals surface area contributed by atoms with Gasteiger partial charge in [-0.3, -0.25) is 0 Å². The predicted octanol–water partition coefficient (Wildman–Crippen LogP) is 6.81. The van der Waals surface area contributed by atoms with Crippen molar-refractivity contribution < 1.29 is 0 Å². The molecular weight excluding hydrogens is 311 g/mol. The van der Waals surface area contributed by atoms with Crippen LogP contribution in [0.2, 0.25) is 10.0 Å². The minimum atomic E-state index is 0.0114. The molecule has 0 unspecified atom stereocenters. The fourth-order valence-electron chi connectivity index (χ4n) is 2.64. The number of halogens is 2. The molecule has 0 saturated carbocycles. The summed E-state index contributed by atoms with van der Waals surface area (Å²) in [6.45, 7) is 11.1. The Bertz CT molecular complexity index is 646. The predicted molar refractivity (Wildman–Crippen MR) is 98.3 cm³/mol. The van der Waals surface area contributed by atoms with Crippen LogP contribution < -0.4 is 0 Å². The van der Waals surface area contributed by atoms with Crippen molar-refractivity contribution in [1.82, 2.24) is 0 Å². The highest BCUT2D eigenvalue weighted by Crippen LogP contribution is 2.33. The van der Waals surface area contributed by atoms with E-state index < -0.39 is 0 Å². The van der Waals surface area contributed by atoms with Crippen LogP contribution in [0.4, 0.5) is 0 Å². The van der Waals surface area contributed by atoms with Crippen LogP contribution in [0.1, 0.15) is 51.3 Å². The zero-order valence-corrected chi connectivity index (χ0v) is 15.5. The first-order valence-electron chi connectivity index (χ1n) is 7.64. The summed E-state index contributed by atoms with van der Waals surface area (Å²) in [5.74, 6) is 0. The van der Waals surface area contributed by atoms with Crippen molar-refractivity contribution in [1.29, 1.82) is 0 Å². The number of hydrogen-bond donors (Lipinski definition) is 0. The second kappa shape index (κ2) is 6.26. The van der Waals surface area contributed by atoms with Crippen LogP contribution in [0.3, 0.4) is 0 Å². The molecule has 0 fully saturated rings. The zero-order chi connectivity index (χ0) is 16.5. The number of rotatable bonds is 3. The first-order chi connectivity index (χ1) is 10.1. The van der Waals surface area contributed by atoms with Gasteiger partial charge in [0.15, 0.2) is 0 Å². The van der Waals surface area contributed by atoms with Gasteiger partial charge in [-0.2, -0.15) is 0 Å². The standard InChI is InChI=1S/C20H24Cl2/c1-19(2,3)16-7-6-14(18(22)12-16)13-20(4,5)15-8-10-17(21)11-9-15/h6-12H,13H2,1-5H3. The molecular formula is C20H24Cl2. The molecule has 0 aliphatic heterocycles. The third-order valence-corrected chi connectivity index (χ3v) is 4.78. The summed E-state index contributed by atoms with van der Waals surface area (Å²) in [5.41, 5.74) is 3.86. The Labute approximate surface area is 144 Å². The largest absolute Gasteiger partial charge is 0.0843 e. The quantitative estimate of drug-likeness (QED) is 0.578. The average Bonchev–Trinajstić information content (AvgIpc) is 2.40. The Morgan fingerprint density at radius 3 is 1.82 bits per heavy atom. The van der Waals surface area contributed by atoms with Crippen molar-refractivity contribution in [2.45, 2.75) is 51.9 Å². The highest BCUT2D eigenvalue weighted by molar-refractivity contribution is 6.31. The van der Waals surface area contributed by atoms with E-state index in [1.54, 1.807) is 0 Å². The van der Waals surface area contributed by atoms with Gasteiger partial charge in [0.1, 0.15) is 0 Å². The molecule has 2 heteroatoms. The van der Waals surface area contributed by atoms with E-state index in [-0.39, 0.29) is 10.8 Å². The van der Waals surface area contributed by atoms with Crippen molar-refractivity contribution in [3.63, 3.8) is 0 Å². The molecule has 0 radical (unpaired) electrons. The molecule has 0 aromatic heterocycles. The van der Waals surface area contributed by atoms with E-state index in [2.05, 4.69) is 65.0 Å². The topological polar surface area (TPSA) is 0 Å². The maximum absolute atomic E-state index is 6.53. The highest BCUT2D eigenvalue weighted by Gasteiger charge is 2.23. The molecule has 0 N–H and O–H groups in total. The van der Waals surface area contributed by atoms with Crippen molar-refractivity contribution in [3.05, 3.63) is 69.2 Å². The van der Waals surface area contributed by atoms with Crippen LogP contribution in [0.5, 0.6) is 0 Å². The summed E-state index contributed by atoms with van der Waals surface area (Å²) >= 11 is 12.5. The van der Waals surface area contributed by atoms with Crippen LogP contribution >= 0.6 is 23.2 Å². The molecule has 2 aromatic carbocycles. The Hall–Kier alpha value is -0.980. The summed E-state index contributed by atoms with van der Waals surface area (Å²) < 4.78 is 0. The molecule has 0 bridgehead atoms. The van der Waals surface area contributed by atoms with Gasteiger partial charge in [-0.1, -0.05) is 82.1 Å². The molecule has 0 spiro atoms. The van der Waals surface area contributed by atoms with E-state index in [1.165, 1.54) is 16.7 Å². The van der Waals surface area contributed by atoms with E-state index in [9.17, 15) is 0 Å². The summed E-state index contributed by atoms with van der Waals surface area (Å²) in [4.78, 5) is 0. The van der Waals surface area contributed by atoms with Gasteiger partial charge in [0.25, 0.3) is 0 Å². The Kier molecular flexibility index (Phi) is 4.94. The van der Waals surface area contributed by atoms with Gasteiger partial charge in [-0.15, -0.1) is 0 Å². The maximum Gasteiger partial charge on any atom is 0.0441 e. The molecule has 0 aliphatic rings. The zero-order valence-electron chi connectivity index (χ0n) is 14.0. The van der Waals surface area contributed by atoms with Gasteiger partial charge in [0.05, 0.1) is 0 Å². The normalized spacial score (nSPS) is 12.5. The van der Waals surface area contributed by atoms with Gasteiger partial charge in [0, 0.05) is 10.0 Å². The van der Waals surface area contributed by atoms with Crippen LogP contribution in [0, 0.1) is 0 Å². The Morgan fingerprint density at radius 2 is 1.32 bits per heavy atom. The Balaban J connectivity index is 2.28. The second-order valence-corrected chi connectivity index (χ2v) is 8.47. The summed E-state index contributed by atoms with van der Waals surface area (Å²) in [6.07, 6.45) is 0.901. The average molecular weight is 335 g/mol. The van der Waals surface area contributed by atoms with Crippen molar-refractivity contribution >= 4 is 23.2 Å². The smallest absolute Gasteiger partial charge is 0.0441 e. The molecule has 0 saturated heterocycles. The molecule has 0 atom stereocenters. The fraction of sp³-hybridized carbons (Fsp3) is 0.400. The first-order valence-corrected chi connectivity index (χ1v) is 8.40. The monoisotopic (exact) mass is 334 g/mol. The molecule has 0 nitrogen and oxygen atoms in total. The Morgan fingerprint density at radius 1 is 0.773 bits per heavy atom. The van der Waals surface area contributed by atoms with Crippen molar-refractivity contribution in [2.75, 3.05) is 0 Å². The van der Waals surface area contributed by atoms with E-state index >= 15 is 0 Å². The molecule has 2 aromatic rings. The molecule has 0 aliphatic carbocycles. The van der Waals surface area contributed by atoms with Crippen LogP contribution in [0.25, 0.3) is 0 Å². The minimum absolute atomic E-state index is 0.0114. The first kappa shape index (κ1) is 17.4.